The molecule has 1 N–H and O–H groups in total. The van der Waals surface area contributed by atoms with E-state index in [0.717, 1.165) is 17.7 Å². The van der Waals surface area contributed by atoms with Crippen molar-refractivity contribution in [2.45, 2.75) is 19.4 Å². The minimum absolute atomic E-state index is 0.149. The molecule has 0 aliphatic carbocycles. The number of carbonyl (C=O) groups excluding carboxylic acids is 1. The Balaban J connectivity index is 1.96. The first-order chi connectivity index (χ1) is 10.1. The van der Waals surface area contributed by atoms with Crippen LogP contribution in [0.1, 0.15) is 22.8 Å². The third-order valence-corrected chi connectivity index (χ3v) is 3.15. The van der Waals surface area contributed by atoms with Gasteiger partial charge >= 0.3 is 5.97 Å². The fourth-order valence-electron chi connectivity index (χ4n) is 2.17. The number of ether oxygens (including phenoxy) is 1. The average molecular weight is 287 g/mol. The van der Waals surface area contributed by atoms with Crippen LogP contribution < -0.4 is 5.32 Å². The normalized spacial score (nSPS) is 11.8. The molecule has 1 atom stereocenters. The average Bonchev–Trinajstić information content (AvgIpc) is 2.47. The number of hydrogen-bond acceptors (Lipinski definition) is 3. The summed E-state index contributed by atoms with van der Waals surface area (Å²) in [6.07, 6.45) is 0.719. The highest BCUT2D eigenvalue weighted by Crippen LogP contribution is 2.14. The molecule has 0 aliphatic heterocycles. The predicted octanol–water partition coefficient (Wildman–Crippen LogP) is 3.66. The SMILES string of the molecule is COC(=O)c1ccc(NC(C)Cc2cccc(F)c2)cc1. The van der Waals surface area contributed by atoms with Crippen molar-refractivity contribution in [2.24, 2.45) is 0 Å². The molecule has 0 saturated heterocycles. The third kappa shape index (κ3) is 4.31. The number of methoxy groups -OCH3 is 1. The van der Waals surface area contributed by atoms with Crippen LogP contribution in [0.5, 0.6) is 0 Å². The highest BCUT2D eigenvalue weighted by Gasteiger charge is 2.07. The first kappa shape index (κ1) is 15.0. The van der Waals surface area contributed by atoms with Crippen molar-refractivity contribution in [2.75, 3.05) is 12.4 Å². The van der Waals surface area contributed by atoms with Crippen LogP contribution in [0.15, 0.2) is 48.5 Å². The summed E-state index contributed by atoms with van der Waals surface area (Å²) in [4.78, 5) is 11.3. The topological polar surface area (TPSA) is 38.3 Å². The number of esters is 1. The lowest BCUT2D eigenvalue weighted by atomic mass is 10.1. The van der Waals surface area contributed by atoms with Gasteiger partial charge in [0.25, 0.3) is 0 Å². The summed E-state index contributed by atoms with van der Waals surface area (Å²) in [6, 6.07) is 13.8. The lowest BCUT2D eigenvalue weighted by Gasteiger charge is -2.15. The third-order valence-electron chi connectivity index (χ3n) is 3.15. The van der Waals surface area contributed by atoms with E-state index in [2.05, 4.69) is 10.1 Å². The molecule has 2 rings (SSSR count). The number of carbonyl (C=O) groups is 1. The second-order valence-corrected chi connectivity index (χ2v) is 4.95. The molecule has 0 saturated carbocycles. The molecule has 1 unspecified atom stereocenters. The maximum absolute atomic E-state index is 13.1. The maximum atomic E-state index is 13.1. The number of halogens is 1. The molecule has 0 spiro atoms. The number of rotatable bonds is 5. The molecule has 110 valence electrons. The largest absolute Gasteiger partial charge is 0.465 e. The number of benzene rings is 2. The van der Waals surface area contributed by atoms with Gasteiger partial charge in [0.2, 0.25) is 0 Å². The molecule has 0 amide bonds. The van der Waals surface area contributed by atoms with Crippen LogP contribution in [0, 0.1) is 5.82 Å². The molecule has 2 aromatic rings. The zero-order valence-corrected chi connectivity index (χ0v) is 12.1. The lowest BCUT2D eigenvalue weighted by Crippen LogP contribution is -2.18. The van der Waals surface area contributed by atoms with Crippen molar-refractivity contribution >= 4 is 11.7 Å². The van der Waals surface area contributed by atoms with Gasteiger partial charge in [-0.15, -0.1) is 0 Å². The summed E-state index contributed by atoms with van der Waals surface area (Å²) in [7, 11) is 1.36. The van der Waals surface area contributed by atoms with Crippen molar-refractivity contribution in [1.29, 1.82) is 0 Å². The number of anilines is 1. The Morgan fingerprint density at radius 3 is 2.57 bits per heavy atom. The van der Waals surface area contributed by atoms with Crippen LogP contribution >= 0.6 is 0 Å². The van der Waals surface area contributed by atoms with E-state index in [4.69, 9.17) is 0 Å². The highest BCUT2D eigenvalue weighted by molar-refractivity contribution is 5.89. The molecule has 0 aliphatic rings. The molecule has 4 heteroatoms. The number of nitrogens with one attached hydrogen (secondary N) is 1. The van der Waals surface area contributed by atoms with Gasteiger partial charge < -0.3 is 10.1 Å². The van der Waals surface area contributed by atoms with Crippen molar-refractivity contribution < 1.29 is 13.9 Å². The zero-order chi connectivity index (χ0) is 15.2. The first-order valence-corrected chi connectivity index (χ1v) is 6.78. The van der Waals surface area contributed by atoms with Crippen molar-refractivity contribution in [3.05, 3.63) is 65.5 Å². The van der Waals surface area contributed by atoms with Crippen LogP contribution in [0.25, 0.3) is 0 Å². The van der Waals surface area contributed by atoms with Crippen molar-refractivity contribution in [3.8, 4) is 0 Å². The van der Waals surface area contributed by atoms with E-state index in [0.29, 0.717) is 5.56 Å². The minimum atomic E-state index is -0.352. The van der Waals surface area contributed by atoms with Gasteiger partial charge in [0.1, 0.15) is 5.82 Å². The fraction of sp³-hybridized carbons (Fsp3) is 0.235. The van der Waals surface area contributed by atoms with Crippen molar-refractivity contribution in [1.82, 2.24) is 0 Å². The lowest BCUT2D eigenvalue weighted by molar-refractivity contribution is 0.0601. The molecule has 21 heavy (non-hydrogen) atoms. The summed E-state index contributed by atoms with van der Waals surface area (Å²) >= 11 is 0. The Labute approximate surface area is 123 Å². The van der Waals surface area contributed by atoms with E-state index in [9.17, 15) is 9.18 Å². The van der Waals surface area contributed by atoms with Crippen LogP contribution in [-0.4, -0.2) is 19.1 Å². The Bertz CT molecular complexity index is 610. The van der Waals surface area contributed by atoms with Gasteiger partial charge in [-0.2, -0.15) is 0 Å². The van der Waals surface area contributed by atoms with Gasteiger partial charge in [0, 0.05) is 11.7 Å². The van der Waals surface area contributed by atoms with E-state index in [-0.39, 0.29) is 17.8 Å². The molecule has 3 nitrogen and oxygen atoms in total. The fourth-order valence-corrected chi connectivity index (χ4v) is 2.17. The molecular formula is C17H18FNO2. The number of hydrogen-bond donors (Lipinski definition) is 1. The summed E-state index contributed by atoms with van der Waals surface area (Å²) in [6.45, 7) is 2.03. The molecule has 0 aromatic heterocycles. The zero-order valence-electron chi connectivity index (χ0n) is 12.1. The summed E-state index contributed by atoms with van der Waals surface area (Å²) < 4.78 is 17.8. The van der Waals surface area contributed by atoms with E-state index < -0.39 is 0 Å². The van der Waals surface area contributed by atoms with Crippen LogP contribution in [-0.2, 0) is 11.2 Å². The van der Waals surface area contributed by atoms with Crippen LogP contribution in [0.3, 0.4) is 0 Å². The highest BCUT2D eigenvalue weighted by atomic mass is 19.1. The van der Waals surface area contributed by atoms with Gasteiger partial charge in [-0.1, -0.05) is 12.1 Å². The minimum Gasteiger partial charge on any atom is -0.465 e. The molecule has 2 aromatic carbocycles. The van der Waals surface area contributed by atoms with E-state index in [1.165, 1.54) is 13.2 Å². The van der Waals surface area contributed by atoms with Crippen LogP contribution in [0.2, 0.25) is 0 Å². The quantitative estimate of drug-likeness (QED) is 0.853. The van der Waals surface area contributed by atoms with Gasteiger partial charge in [0.15, 0.2) is 0 Å². The standard InChI is InChI=1S/C17H18FNO2/c1-12(10-13-4-3-5-15(18)11-13)19-16-8-6-14(7-9-16)17(20)21-2/h3-9,11-12,19H,10H2,1-2H3. The van der Waals surface area contributed by atoms with E-state index in [1.807, 2.05) is 25.1 Å². The monoisotopic (exact) mass is 287 g/mol. The van der Waals surface area contributed by atoms with Gasteiger partial charge in [-0.3, -0.25) is 0 Å². The molecule has 0 radical (unpaired) electrons. The molecule has 0 bridgehead atoms. The maximum Gasteiger partial charge on any atom is 0.337 e. The van der Waals surface area contributed by atoms with E-state index in [1.54, 1.807) is 24.3 Å². The summed E-state index contributed by atoms with van der Waals surface area (Å²) in [5, 5.41) is 3.32. The second-order valence-electron chi connectivity index (χ2n) is 4.95. The van der Waals surface area contributed by atoms with Gasteiger partial charge in [-0.05, 0) is 55.3 Å². The first-order valence-electron chi connectivity index (χ1n) is 6.78. The Morgan fingerprint density at radius 2 is 1.95 bits per heavy atom. The smallest absolute Gasteiger partial charge is 0.337 e. The molecule has 0 fully saturated rings. The predicted molar refractivity (Wildman–Crippen MR) is 81.0 cm³/mol. The van der Waals surface area contributed by atoms with E-state index >= 15 is 0 Å². The molecular weight excluding hydrogens is 269 g/mol. The van der Waals surface area contributed by atoms with Gasteiger partial charge in [-0.25, -0.2) is 9.18 Å². The van der Waals surface area contributed by atoms with Crippen LogP contribution in [0.4, 0.5) is 10.1 Å². The Kier molecular flexibility index (Phi) is 4.93. The second kappa shape index (κ2) is 6.88. The Morgan fingerprint density at radius 1 is 1.24 bits per heavy atom. The summed E-state index contributed by atoms with van der Waals surface area (Å²) in [5.74, 6) is -0.573. The van der Waals surface area contributed by atoms with Crippen molar-refractivity contribution in [3.63, 3.8) is 0 Å². The van der Waals surface area contributed by atoms with Gasteiger partial charge in [0.05, 0.1) is 12.7 Å². The molecule has 0 heterocycles. The Hall–Kier alpha value is -2.36. The summed E-state index contributed by atoms with van der Waals surface area (Å²) in [5.41, 5.74) is 2.37.